The minimum Gasteiger partial charge on any atom is -0.394 e. The predicted molar refractivity (Wildman–Crippen MR) is 84.0 cm³/mol. The number of benzene rings is 1. The van der Waals surface area contributed by atoms with Crippen LogP contribution in [-0.2, 0) is 18.1 Å². The van der Waals surface area contributed by atoms with Gasteiger partial charge in [-0.3, -0.25) is 0 Å². The average Bonchev–Trinajstić information content (AvgIpc) is 2.91. The van der Waals surface area contributed by atoms with E-state index in [0.29, 0.717) is 23.4 Å². The van der Waals surface area contributed by atoms with Crippen LogP contribution in [0.4, 0.5) is 27.8 Å². The molecule has 0 bridgehead atoms. The SMILES string of the molecule is OCC1(Nc2ncc(C(F)(F)F)cc2F)CCc2c1ccc(Br)c2F. The Kier molecular flexibility index (Phi) is 4.48. The molecule has 1 atom stereocenters. The first kappa shape index (κ1) is 18.1. The fraction of sp³-hybridized carbons (Fsp3) is 0.312. The van der Waals surface area contributed by atoms with Gasteiger partial charge in [0.1, 0.15) is 5.82 Å². The van der Waals surface area contributed by atoms with Crippen molar-refractivity contribution < 1.29 is 27.1 Å². The van der Waals surface area contributed by atoms with Gasteiger partial charge in [-0.25, -0.2) is 13.8 Å². The van der Waals surface area contributed by atoms with Crippen LogP contribution in [0, 0.1) is 11.6 Å². The number of nitrogens with one attached hydrogen (secondary N) is 1. The van der Waals surface area contributed by atoms with Crippen LogP contribution < -0.4 is 5.32 Å². The van der Waals surface area contributed by atoms with Crippen LogP contribution in [0.1, 0.15) is 23.1 Å². The van der Waals surface area contributed by atoms with Crippen LogP contribution in [0.5, 0.6) is 0 Å². The fourth-order valence-corrected chi connectivity index (χ4v) is 3.38. The lowest BCUT2D eigenvalue weighted by Crippen LogP contribution is -2.37. The number of nitrogens with zero attached hydrogens (tertiary/aromatic N) is 1. The van der Waals surface area contributed by atoms with Gasteiger partial charge in [-0.1, -0.05) is 6.07 Å². The normalized spacial score (nSPS) is 19.8. The van der Waals surface area contributed by atoms with E-state index in [1.807, 2.05) is 0 Å². The van der Waals surface area contributed by atoms with Gasteiger partial charge < -0.3 is 10.4 Å². The van der Waals surface area contributed by atoms with Gasteiger partial charge in [0.2, 0.25) is 0 Å². The Balaban J connectivity index is 1.99. The van der Waals surface area contributed by atoms with E-state index < -0.39 is 41.3 Å². The van der Waals surface area contributed by atoms with E-state index in [1.54, 1.807) is 6.07 Å². The highest BCUT2D eigenvalue weighted by Gasteiger charge is 2.41. The number of anilines is 1. The molecule has 1 aromatic carbocycles. The summed E-state index contributed by atoms with van der Waals surface area (Å²) in [4.78, 5) is 3.49. The highest BCUT2D eigenvalue weighted by atomic mass is 79.9. The molecule has 1 aliphatic carbocycles. The van der Waals surface area contributed by atoms with Crippen LogP contribution in [0.25, 0.3) is 0 Å². The molecule has 2 N–H and O–H groups in total. The molecule has 25 heavy (non-hydrogen) atoms. The number of aliphatic hydroxyl groups excluding tert-OH is 1. The Bertz CT molecular complexity index is 827. The quantitative estimate of drug-likeness (QED) is 0.721. The van der Waals surface area contributed by atoms with E-state index in [-0.39, 0.29) is 17.3 Å². The average molecular weight is 423 g/mol. The molecular formula is C16H12BrF5N2O. The number of fused-ring (bicyclic) bond motifs is 1. The fourth-order valence-electron chi connectivity index (χ4n) is 3.00. The van der Waals surface area contributed by atoms with Gasteiger partial charge in [-0.2, -0.15) is 13.2 Å². The second kappa shape index (κ2) is 6.21. The van der Waals surface area contributed by atoms with Crippen molar-refractivity contribution in [1.82, 2.24) is 4.98 Å². The molecule has 1 aliphatic rings. The molecule has 134 valence electrons. The highest BCUT2D eigenvalue weighted by Crippen LogP contribution is 2.42. The van der Waals surface area contributed by atoms with E-state index in [4.69, 9.17) is 0 Å². The van der Waals surface area contributed by atoms with Gasteiger partial charge >= 0.3 is 6.18 Å². The Hall–Kier alpha value is -1.74. The van der Waals surface area contributed by atoms with Crippen molar-refractivity contribution in [3.8, 4) is 0 Å². The third kappa shape index (κ3) is 3.10. The topological polar surface area (TPSA) is 45.1 Å². The van der Waals surface area contributed by atoms with Crippen LogP contribution in [0.3, 0.4) is 0 Å². The number of pyridine rings is 1. The molecule has 3 nitrogen and oxygen atoms in total. The van der Waals surface area contributed by atoms with Crippen molar-refractivity contribution in [3.05, 3.63) is 57.2 Å². The summed E-state index contributed by atoms with van der Waals surface area (Å²) in [6, 6.07) is 3.38. The molecule has 2 aromatic rings. The molecule has 0 fully saturated rings. The Morgan fingerprint density at radius 2 is 2.00 bits per heavy atom. The summed E-state index contributed by atoms with van der Waals surface area (Å²) in [5.74, 6) is -2.11. The lowest BCUT2D eigenvalue weighted by molar-refractivity contribution is -0.138. The number of alkyl halides is 3. The van der Waals surface area contributed by atoms with Crippen LogP contribution in [0.2, 0.25) is 0 Å². The van der Waals surface area contributed by atoms with Crippen molar-refractivity contribution in [1.29, 1.82) is 0 Å². The van der Waals surface area contributed by atoms with E-state index in [1.165, 1.54) is 6.07 Å². The molecule has 3 rings (SSSR count). The van der Waals surface area contributed by atoms with Gasteiger partial charge in [0.05, 0.1) is 22.2 Å². The Labute approximate surface area is 148 Å². The van der Waals surface area contributed by atoms with E-state index in [2.05, 4.69) is 26.2 Å². The van der Waals surface area contributed by atoms with Gasteiger partial charge in [-0.05, 0) is 52.0 Å². The summed E-state index contributed by atoms with van der Waals surface area (Å²) in [5.41, 5.74) is -1.64. The van der Waals surface area contributed by atoms with Crippen molar-refractivity contribution in [2.45, 2.75) is 24.6 Å². The molecule has 1 heterocycles. The molecule has 0 saturated heterocycles. The van der Waals surface area contributed by atoms with Crippen molar-refractivity contribution >= 4 is 21.7 Å². The van der Waals surface area contributed by atoms with Crippen molar-refractivity contribution in [3.63, 3.8) is 0 Å². The predicted octanol–water partition coefficient (Wildman–Crippen LogP) is 4.39. The molecule has 0 amide bonds. The zero-order valence-corrected chi connectivity index (χ0v) is 14.2. The number of halogens is 6. The van der Waals surface area contributed by atoms with Crippen LogP contribution in [-0.4, -0.2) is 16.7 Å². The lowest BCUT2D eigenvalue weighted by Gasteiger charge is -2.30. The summed E-state index contributed by atoms with van der Waals surface area (Å²) < 4.78 is 66.4. The van der Waals surface area contributed by atoms with Crippen molar-refractivity contribution in [2.24, 2.45) is 0 Å². The van der Waals surface area contributed by atoms with Crippen molar-refractivity contribution in [2.75, 3.05) is 11.9 Å². The van der Waals surface area contributed by atoms with E-state index in [0.717, 1.165) is 0 Å². The first-order valence-corrected chi connectivity index (χ1v) is 8.06. The van der Waals surface area contributed by atoms with Gasteiger partial charge in [-0.15, -0.1) is 0 Å². The summed E-state index contributed by atoms with van der Waals surface area (Å²) in [6.07, 6.45) is -3.67. The van der Waals surface area contributed by atoms with Crippen LogP contribution in [0.15, 0.2) is 28.9 Å². The summed E-state index contributed by atoms with van der Waals surface area (Å²) in [7, 11) is 0. The summed E-state index contributed by atoms with van der Waals surface area (Å²) in [5, 5.41) is 12.5. The molecule has 1 aromatic heterocycles. The first-order valence-electron chi connectivity index (χ1n) is 7.27. The number of aliphatic hydroxyl groups is 1. The zero-order chi connectivity index (χ0) is 18.4. The van der Waals surface area contributed by atoms with Crippen LogP contribution >= 0.6 is 15.9 Å². The van der Waals surface area contributed by atoms with E-state index in [9.17, 15) is 27.1 Å². The van der Waals surface area contributed by atoms with Gasteiger partial charge in [0, 0.05) is 6.20 Å². The maximum Gasteiger partial charge on any atom is 0.417 e. The standard InChI is InChI=1S/C16H12BrF5N2O/c17-11-2-1-10-9(13(11)19)3-4-15(10,7-25)24-14-12(18)5-8(6-23-14)16(20,21)22/h1-2,5-6,25H,3-4,7H2,(H,23,24). The van der Waals surface area contributed by atoms with Gasteiger partial charge in [0.25, 0.3) is 0 Å². The monoisotopic (exact) mass is 422 g/mol. The number of rotatable bonds is 3. The molecule has 0 spiro atoms. The first-order chi connectivity index (χ1) is 11.7. The third-order valence-corrected chi connectivity index (χ3v) is 4.92. The maximum absolute atomic E-state index is 14.2. The van der Waals surface area contributed by atoms with E-state index >= 15 is 0 Å². The minimum absolute atomic E-state index is 0.244. The minimum atomic E-state index is -4.71. The summed E-state index contributed by atoms with van der Waals surface area (Å²) in [6.45, 7) is -0.497. The number of hydrogen-bond acceptors (Lipinski definition) is 3. The second-order valence-electron chi connectivity index (χ2n) is 5.80. The Morgan fingerprint density at radius 1 is 1.28 bits per heavy atom. The molecular weight excluding hydrogens is 411 g/mol. The summed E-state index contributed by atoms with van der Waals surface area (Å²) >= 11 is 3.08. The third-order valence-electron chi connectivity index (χ3n) is 4.31. The Morgan fingerprint density at radius 3 is 2.60 bits per heavy atom. The molecule has 0 aliphatic heterocycles. The molecule has 0 saturated carbocycles. The smallest absolute Gasteiger partial charge is 0.394 e. The molecule has 9 heteroatoms. The lowest BCUT2D eigenvalue weighted by atomic mass is 9.92. The number of hydrogen-bond donors (Lipinski definition) is 2. The zero-order valence-electron chi connectivity index (χ0n) is 12.6. The number of aromatic nitrogens is 1. The maximum atomic E-state index is 14.2. The largest absolute Gasteiger partial charge is 0.417 e. The highest BCUT2D eigenvalue weighted by molar-refractivity contribution is 9.10. The van der Waals surface area contributed by atoms with Gasteiger partial charge in [0.15, 0.2) is 11.6 Å². The second-order valence-corrected chi connectivity index (χ2v) is 6.66. The molecule has 1 unspecified atom stereocenters. The molecule has 0 radical (unpaired) electrons.